The number of nitrogens with one attached hydrogen (secondary N) is 1. The van der Waals surface area contributed by atoms with E-state index in [9.17, 15) is 9.59 Å². The van der Waals surface area contributed by atoms with Gasteiger partial charge < -0.3 is 24.4 Å². The number of hydrogen-bond acceptors (Lipinski definition) is 6. The fourth-order valence-electron chi connectivity index (χ4n) is 3.72. The normalized spacial score (nSPS) is 16.0. The van der Waals surface area contributed by atoms with Crippen LogP contribution in [-0.4, -0.2) is 55.9 Å². The zero-order valence-corrected chi connectivity index (χ0v) is 18.3. The van der Waals surface area contributed by atoms with Gasteiger partial charge in [-0.15, -0.1) is 11.8 Å². The van der Waals surface area contributed by atoms with Crippen molar-refractivity contribution in [3.63, 3.8) is 0 Å². The molecule has 2 aromatic carbocycles. The average Bonchev–Trinajstić information content (AvgIpc) is 2.82. The minimum Gasteiger partial charge on any atom is -0.495 e. The number of ether oxygens (including phenoxy) is 3. The van der Waals surface area contributed by atoms with E-state index in [1.807, 2.05) is 47.4 Å². The van der Waals surface area contributed by atoms with Crippen LogP contribution in [0.2, 0.25) is 0 Å². The van der Waals surface area contributed by atoms with Crippen molar-refractivity contribution in [1.29, 1.82) is 0 Å². The molecule has 2 aromatic rings. The lowest BCUT2D eigenvalue weighted by molar-refractivity contribution is -0.132. The summed E-state index contributed by atoms with van der Waals surface area (Å²) in [7, 11) is 1.58. The van der Waals surface area contributed by atoms with Crippen LogP contribution in [0.1, 0.15) is 12.8 Å². The van der Waals surface area contributed by atoms with Gasteiger partial charge in [0.2, 0.25) is 11.8 Å². The number of carbonyl (C=O) groups excluding carboxylic acids is 2. The van der Waals surface area contributed by atoms with Crippen LogP contribution in [0.15, 0.2) is 47.4 Å². The van der Waals surface area contributed by atoms with E-state index in [2.05, 4.69) is 5.32 Å². The molecule has 0 atom stereocenters. The molecule has 0 spiro atoms. The molecule has 2 amide bonds. The molecule has 0 bridgehead atoms. The molecule has 0 unspecified atom stereocenters. The lowest BCUT2D eigenvalue weighted by Crippen LogP contribution is -2.42. The van der Waals surface area contributed by atoms with Crippen molar-refractivity contribution in [2.75, 3.05) is 44.5 Å². The second kappa shape index (κ2) is 9.96. The van der Waals surface area contributed by atoms with Gasteiger partial charge in [0.1, 0.15) is 19.0 Å². The van der Waals surface area contributed by atoms with E-state index in [0.29, 0.717) is 56.3 Å². The molecule has 0 aromatic heterocycles. The molecular weight excluding hydrogens is 416 g/mol. The van der Waals surface area contributed by atoms with Gasteiger partial charge in [-0.3, -0.25) is 9.59 Å². The van der Waals surface area contributed by atoms with Gasteiger partial charge in [0.25, 0.3) is 0 Å². The summed E-state index contributed by atoms with van der Waals surface area (Å²) in [5.74, 6) is 2.42. The number of likely N-dealkylation sites (tertiary alicyclic amines) is 1. The molecule has 7 nitrogen and oxygen atoms in total. The number of anilines is 1. The molecule has 0 aliphatic carbocycles. The van der Waals surface area contributed by atoms with Crippen molar-refractivity contribution in [1.82, 2.24) is 4.90 Å². The van der Waals surface area contributed by atoms with Crippen LogP contribution in [0, 0.1) is 5.92 Å². The lowest BCUT2D eigenvalue weighted by atomic mass is 9.96. The molecule has 31 heavy (non-hydrogen) atoms. The number of para-hydroxylation sites is 2. The summed E-state index contributed by atoms with van der Waals surface area (Å²) in [5.41, 5.74) is 0.671. The van der Waals surface area contributed by atoms with Crippen LogP contribution in [0.3, 0.4) is 0 Å². The smallest absolute Gasteiger partial charge is 0.232 e. The molecule has 2 heterocycles. The van der Waals surface area contributed by atoms with Crippen LogP contribution in [0.4, 0.5) is 5.69 Å². The Labute approximate surface area is 186 Å². The summed E-state index contributed by atoms with van der Waals surface area (Å²) in [4.78, 5) is 28.1. The van der Waals surface area contributed by atoms with E-state index in [0.717, 1.165) is 16.4 Å². The van der Waals surface area contributed by atoms with Crippen molar-refractivity contribution in [3.8, 4) is 17.2 Å². The third kappa shape index (κ3) is 5.25. The number of thioether (sulfide) groups is 1. The standard InChI is InChI=1S/C23H26N2O5S/c1-28-19-5-3-2-4-18(19)24-23(27)16-8-10-25(11-9-16)22(26)15-31-17-6-7-20-21(14-17)30-13-12-29-20/h2-7,14,16H,8-13,15H2,1H3,(H,24,27). The second-order valence-corrected chi connectivity index (χ2v) is 8.49. The van der Waals surface area contributed by atoms with Crippen LogP contribution >= 0.6 is 11.8 Å². The number of nitrogens with zero attached hydrogens (tertiary/aromatic N) is 1. The summed E-state index contributed by atoms with van der Waals surface area (Å²) in [5, 5.41) is 2.95. The fourth-order valence-corrected chi connectivity index (χ4v) is 4.55. The molecule has 1 fully saturated rings. The third-order valence-electron chi connectivity index (χ3n) is 5.46. The summed E-state index contributed by atoms with van der Waals surface area (Å²) in [6, 6.07) is 13.1. The molecule has 1 saturated heterocycles. The first-order valence-corrected chi connectivity index (χ1v) is 11.4. The van der Waals surface area contributed by atoms with Crippen LogP contribution in [0.5, 0.6) is 17.2 Å². The SMILES string of the molecule is COc1ccccc1NC(=O)C1CCN(C(=O)CSc2ccc3c(c2)OCCO3)CC1. The number of hydrogen-bond donors (Lipinski definition) is 1. The Morgan fingerprint density at radius 2 is 1.84 bits per heavy atom. The average molecular weight is 443 g/mol. The molecule has 1 N–H and O–H groups in total. The van der Waals surface area contributed by atoms with E-state index in [-0.39, 0.29) is 17.7 Å². The zero-order chi connectivity index (χ0) is 21.6. The van der Waals surface area contributed by atoms with Gasteiger partial charge in [0, 0.05) is 23.9 Å². The monoisotopic (exact) mass is 442 g/mol. The van der Waals surface area contributed by atoms with Gasteiger partial charge in [0.15, 0.2) is 11.5 Å². The Hall–Kier alpha value is -2.87. The molecular formula is C23H26N2O5S. The summed E-state index contributed by atoms with van der Waals surface area (Å²) >= 11 is 1.49. The van der Waals surface area contributed by atoms with Crippen LogP contribution in [0.25, 0.3) is 0 Å². The predicted molar refractivity (Wildman–Crippen MR) is 119 cm³/mol. The third-order valence-corrected chi connectivity index (χ3v) is 6.44. The number of piperidine rings is 1. The van der Waals surface area contributed by atoms with E-state index in [4.69, 9.17) is 14.2 Å². The largest absolute Gasteiger partial charge is 0.495 e. The van der Waals surface area contributed by atoms with Crippen molar-refractivity contribution in [2.45, 2.75) is 17.7 Å². The molecule has 2 aliphatic heterocycles. The van der Waals surface area contributed by atoms with E-state index < -0.39 is 0 Å². The van der Waals surface area contributed by atoms with Gasteiger partial charge >= 0.3 is 0 Å². The Kier molecular flexibility index (Phi) is 6.86. The van der Waals surface area contributed by atoms with E-state index >= 15 is 0 Å². The lowest BCUT2D eigenvalue weighted by Gasteiger charge is -2.31. The highest BCUT2D eigenvalue weighted by atomic mass is 32.2. The van der Waals surface area contributed by atoms with Crippen molar-refractivity contribution < 1.29 is 23.8 Å². The minimum atomic E-state index is -0.112. The molecule has 0 radical (unpaired) electrons. The Balaban J connectivity index is 1.24. The first kappa shape index (κ1) is 21.4. The molecule has 0 saturated carbocycles. The zero-order valence-electron chi connectivity index (χ0n) is 17.5. The highest BCUT2D eigenvalue weighted by molar-refractivity contribution is 8.00. The Bertz CT molecular complexity index is 943. The number of fused-ring (bicyclic) bond motifs is 1. The molecule has 8 heteroatoms. The number of rotatable bonds is 6. The summed E-state index contributed by atoms with van der Waals surface area (Å²) < 4.78 is 16.4. The highest BCUT2D eigenvalue weighted by Crippen LogP contribution is 2.34. The first-order valence-electron chi connectivity index (χ1n) is 10.4. The molecule has 164 valence electrons. The predicted octanol–water partition coefficient (Wildman–Crippen LogP) is 3.44. The Morgan fingerprint density at radius 3 is 2.61 bits per heavy atom. The second-order valence-electron chi connectivity index (χ2n) is 7.44. The number of methoxy groups -OCH3 is 1. The van der Waals surface area contributed by atoms with Gasteiger partial charge in [-0.05, 0) is 43.2 Å². The van der Waals surface area contributed by atoms with Gasteiger partial charge in [-0.25, -0.2) is 0 Å². The van der Waals surface area contributed by atoms with E-state index in [1.54, 1.807) is 7.11 Å². The van der Waals surface area contributed by atoms with Crippen molar-refractivity contribution in [2.24, 2.45) is 5.92 Å². The maximum Gasteiger partial charge on any atom is 0.232 e. The van der Waals surface area contributed by atoms with Gasteiger partial charge in [-0.1, -0.05) is 12.1 Å². The summed E-state index contributed by atoms with van der Waals surface area (Å²) in [6.45, 7) is 2.28. The number of carbonyl (C=O) groups is 2. The molecule has 4 rings (SSSR count). The number of amides is 2. The van der Waals surface area contributed by atoms with Crippen molar-refractivity contribution in [3.05, 3.63) is 42.5 Å². The maximum absolute atomic E-state index is 12.6. The van der Waals surface area contributed by atoms with Gasteiger partial charge in [-0.2, -0.15) is 0 Å². The van der Waals surface area contributed by atoms with Crippen LogP contribution in [-0.2, 0) is 9.59 Å². The maximum atomic E-state index is 12.6. The highest BCUT2D eigenvalue weighted by Gasteiger charge is 2.27. The number of benzene rings is 2. The summed E-state index contributed by atoms with van der Waals surface area (Å²) in [6.07, 6.45) is 1.31. The quantitative estimate of drug-likeness (QED) is 0.691. The molecule has 2 aliphatic rings. The van der Waals surface area contributed by atoms with Gasteiger partial charge in [0.05, 0.1) is 18.6 Å². The fraction of sp³-hybridized carbons (Fsp3) is 0.391. The van der Waals surface area contributed by atoms with Crippen molar-refractivity contribution >= 4 is 29.3 Å². The Morgan fingerprint density at radius 1 is 1.10 bits per heavy atom. The topological polar surface area (TPSA) is 77.1 Å². The van der Waals surface area contributed by atoms with E-state index in [1.165, 1.54) is 11.8 Å². The van der Waals surface area contributed by atoms with Crippen LogP contribution < -0.4 is 19.5 Å². The first-order chi connectivity index (χ1) is 15.1. The minimum absolute atomic E-state index is 0.0257.